The highest BCUT2D eigenvalue weighted by Crippen LogP contribution is 2.38. The predicted octanol–water partition coefficient (Wildman–Crippen LogP) is 2.74. The van der Waals surface area contributed by atoms with Crippen molar-refractivity contribution in [2.75, 3.05) is 6.67 Å². The zero-order valence-electron chi connectivity index (χ0n) is 14.3. The number of imidazole rings is 1. The number of aryl methyl sites for hydroxylation is 2. The van der Waals surface area contributed by atoms with Crippen LogP contribution in [0.1, 0.15) is 25.7 Å². The lowest BCUT2D eigenvalue weighted by atomic mass is 10.3. The minimum absolute atomic E-state index is 0.00941. The van der Waals surface area contributed by atoms with E-state index in [0.29, 0.717) is 16.3 Å². The minimum Gasteiger partial charge on any atom is -0.408 e. The summed E-state index contributed by atoms with van der Waals surface area (Å²) >= 11 is 1.18. The minimum atomic E-state index is -0.750. The summed E-state index contributed by atoms with van der Waals surface area (Å²) in [5.41, 5.74) is 0.127. The van der Waals surface area contributed by atoms with E-state index in [1.165, 1.54) is 27.1 Å². The Bertz CT molecular complexity index is 1040. The number of halogens is 2. The number of hydrogen-bond acceptors (Lipinski definition) is 6. The summed E-state index contributed by atoms with van der Waals surface area (Å²) in [6.07, 6.45) is 2.06. The number of nitrogens with one attached hydrogen (secondary N) is 1. The Morgan fingerprint density at radius 2 is 2.12 bits per heavy atom. The molecule has 1 fully saturated rings. The van der Waals surface area contributed by atoms with E-state index in [-0.39, 0.29) is 23.6 Å². The van der Waals surface area contributed by atoms with Crippen molar-refractivity contribution in [1.29, 1.82) is 0 Å². The highest BCUT2D eigenvalue weighted by Gasteiger charge is 2.37. The van der Waals surface area contributed by atoms with Gasteiger partial charge >= 0.3 is 11.7 Å². The molecule has 1 saturated carbocycles. The first-order valence-electron chi connectivity index (χ1n) is 8.17. The monoisotopic (exact) mass is 381 g/mol. The maximum Gasteiger partial charge on any atom is 0.337 e. The van der Waals surface area contributed by atoms with Crippen molar-refractivity contribution >= 4 is 23.0 Å². The Morgan fingerprint density at radius 1 is 1.35 bits per heavy atom. The van der Waals surface area contributed by atoms with E-state index in [4.69, 9.17) is 4.42 Å². The van der Waals surface area contributed by atoms with Crippen LogP contribution in [0.4, 0.5) is 8.78 Å². The normalized spacial score (nSPS) is 15.7. The van der Waals surface area contributed by atoms with Crippen LogP contribution < -0.4 is 10.4 Å². The van der Waals surface area contributed by atoms with E-state index in [1.54, 1.807) is 13.0 Å². The number of rotatable bonds is 6. The summed E-state index contributed by atoms with van der Waals surface area (Å²) < 4.78 is 38.4. The zero-order valence-corrected chi connectivity index (χ0v) is 15.1. The highest BCUT2D eigenvalue weighted by atomic mass is 32.2. The van der Waals surface area contributed by atoms with Crippen LogP contribution in [0.5, 0.6) is 0 Å². The molecule has 0 spiro atoms. The molecule has 138 valence electrons. The first-order valence-corrected chi connectivity index (χ1v) is 8.99. The zero-order chi connectivity index (χ0) is 18.5. The lowest BCUT2D eigenvalue weighted by Gasteiger charge is -2.11. The fourth-order valence-corrected chi connectivity index (χ4v) is 3.55. The van der Waals surface area contributed by atoms with Crippen molar-refractivity contribution in [1.82, 2.24) is 24.1 Å². The highest BCUT2D eigenvalue weighted by molar-refractivity contribution is 7.97. The van der Waals surface area contributed by atoms with Crippen molar-refractivity contribution in [3.8, 4) is 6.01 Å². The molecular weight excluding hydrogens is 364 g/mol. The van der Waals surface area contributed by atoms with Gasteiger partial charge in [0, 0.05) is 18.5 Å². The molecule has 0 bridgehead atoms. The molecule has 1 aliphatic carbocycles. The maximum atomic E-state index is 14.6. The molecule has 10 heteroatoms. The number of aromatic nitrogens is 4. The number of hydrogen-bond donors (Lipinski definition) is 1. The van der Waals surface area contributed by atoms with Crippen LogP contribution in [0, 0.1) is 12.7 Å². The quantitative estimate of drug-likeness (QED) is 0.662. The molecule has 3 aromatic rings. The molecule has 0 unspecified atom stereocenters. The van der Waals surface area contributed by atoms with E-state index in [1.807, 2.05) is 0 Å². The molecular formula is C16H17F2N5O2S. The van der Waals surface area contributed by atoms with Gasteiger partial charge in [-0.1, -0.05) is 5.10 Å². The maximum absolute atomic E-state index is 14.6. The van der Waals surface area contributed by atoms with Crippen molar-refractivity contribution in [3.63, 3.8) is 0 Å². The van der Waals surface area contributed by atoms with Crippen molar-refractivity contribution in [3.05, 3.63) is 34.3 Å². The Labute approximate surface area is 151 Å². The van der Waals surface area contributed by atoms with Gasteiger partial charge in [0.15, 0.2) is 0 Å². The summed E-state index contributed by atoms with van der Waals surface area (Å²) in [7, 11) is 0. The van der Waals surface area contributed by atoms with Gasteiger partial charge in [0.05, 0.1) is 22.5 Å². The van der Waals surface area contributed by atoms with E-state index in [0.717, 1.165) is 12.8 Å². The summed E-state index contributed by atoms with van der Waals surface area (Å²) in [6.45, 7) is 2.73. The molecule has 2 heterocycles. The second-order valence-corrected chi connectivity index (χ2v) is 7.45. The van der Waals surface area contributed by atoms with Crippen molar-refractivity contribution in [2.45, 2.75) is 43.7 Å². The lowest BCUT2D eigenvalue weighted by molar-refractivity contribution is 0.440. The fraction of sp³-hybridized carbons (Fsp3) is 0.438. The second-order valence-electron chi connectivity index (χ2n) is 6.60. The average Bonchev–Trinajstić information content (AvgIpc) is 3.09. The number of fused-ring (bicyclic) bond motifs is 1. The van der Waals surface area contributed by atoms with E-state index >= 15 is 0 Å². The Morgan fingerprint density at radius 3 is 2.73 bits per heavy atom. The van der Waals surface area contributed by atoms with Gasteiger partial charge < -0.3 is 4.42 Å². The van der Waals surface area contributed by atoms with E-state index in [2.05, 4.69) is 21.8 Å². The molecule has 0 saturated heterocycles. The van der Waals surface area contributed by atoms with Gasteiger partial charge in [-0.3, -0.25) is 9.29 Å². The van der Waals surface area contributed by atoms with Crippen molar-refractivity contribution in [2.24, 2.45) is 0 Å². The molecule has 0 amide bonds. The third-order valence-electron chi connectivity index (χ3n) is 4.41. The number of alkyl halides is 1. The smallest absolute Gasteiger partial charge is 0.337 e. The molecule has 0 atom stereocenters. The Kier molecular flexibility index (Phi) is 4.11. The van der Waals surface area contributed by atoms with Crippen molar-refractivity contribution < 1.29 is 13.2 Å². The third kappa shape index (κ3) is 2.92. The SMILES string of the molecule is Cc1nnc(-n2c(=O)n(CCF)c3cc(F)c(SNC4(C)CC4)cc32)o1. The van der Waals surface area contributed by atoms with Gasteiger partial charge in [-0.05, 0) is 37.8 Å². The van der Waals surface area contributed by atoms with Gasteiger partial charge in [0.2, 0.25) is 5.89 Å². The average molecular weight is 381 g/mol. The van der Waals surface area contributed by atoms with Crippen LogP contribution in [0.15, 0.2) is 26.2 Å². The molecule has 0 radical (unpaired) electrons. The largest absolute Gasteiger partial charge is 0.408 e. The molecule has 0 aliphatic heterocycles. The van der Waals surface area contributed by atoms with E-state index in [9.17, 15) is 13.6 Å². The number of benzene rings is 1. The van der Waals surface area contributed by atoms with Crippen LogP contribution in [-0.4, -0.2) is 31.5 Å². The predicted molar refractivity (Wildman–Crippen MR) is 92.7 cm³/mol. The third-order valence-corrected chi connectivity index (χ3v) is 5.53. The fourth-order valence-electron chi connectivity index (χ4n) is 2.66. The summed E-state index contributed by atoms with van der Waals surface area (Å²) in [5, 5.41) is 7.60. The molecule has 1 aliphatic rings. The van der Waals surface area contributed by atoms with Gasteiger partial charge in [0.1, 0.15) is 12.5 Å². The summed E-state index contributed by atoms with van der Waals surface area (Å²) in [5.74, 6) is -0.191. The molecule has 7 nitrogen and oxygen atoms in total. The van der Waals surface area contributed by atoms with Crippen LogP contribution in [0.2, 0.25) is 0 Å². The Hall–Kier alpha value is -2.20. The first-order chi connectivity index (χ1) is 12.4. The van der Waals surface area contributed by atoms with Gasteiger partial charge in [-0.25, -0.2) is 18.1 Å². The van der Waals surface area contributed by atoms with Gasteiger partial charge in [-0.15, -0.1) is 5.10 Å². The summed E-state index contributed by atoms with van der Waals surface area (Å²) in [6, 6.07) is 2.76. The van der Waals surface area contributed by atoms with Crippen LogP contribution in [-0.2, 0) is 6.54 Å². The molecule has 1 aromatic carbocycles. The second kappa shape index (κ2) is 6.20. The lowest BCUT2D eigenvalue weighted by Crippen LogP contribution is -2.24. The van der Waals surface area contributed by atoms with Gasteiger partial charge in [-0.2, -0.15) is 0 Å². The topological polar surface area (TPSA) is 77.9 Å². The van der Waals surface area contributed by atoms with Gasteiger partial charge in [0.25, 0.3) is 0 Å². The molecule has 4 rings (SSSR count). The van der Waals surface area contributed by atoms with Crippen LogP contribution in [0.3, 0.4) is 0 Å². The number of nitrogens with zero attached hydrogens (tertiary/aromatic N) is 4. The molecule has 1 N–H and O–H groups in total. The van der Waals surface area contributed by atoms with Crippen LogP contribution >= 0.6 is 11.9 Å². The summed E-state index contributed by atoms with van der Waals surface area (Å²) in [4.78, 5) is 13.1. The van der Waals surface area contributed by atoms with E-state index < -0.39 is 18.2 Å². The first kappa shape index (κ1) is 17.2. The van der Waals surface area contributed by atoms with Crippen LogP contribution in [0.25, 0.3) is 17.0 Å². The molecule has 2 aromatic heterocycles. The standard InChI is InChI=1S/C16H17F2N5O2S/c1-9-19-20-14(25-9)23-12-8-13(26-21-16(2)3-4-16)10(18)7-11(12)22(6-5-17)15(23)24/h7-8,21H,3-6H2,1-2H3. The molecule has 26 heavy (non-hydrogen) atoms. The Balaban J connectivity index is 1.87.